The van der Waals surface area contributed by atoms with Crippen molar-refractivity contribution in [2.45, 2.75) is 19.9 Å². The molecule has 0 bridgehead atoms. The number of hydrazone groups is 1. The first-order valence-electron chi connectivity index (χ1n) is 7.24. The molecule has 2 heterocycles. The number of carbonyl (C=O) groups excluding carboxylic acids is 2. The summed E-state index contributed by atoms with van der Waals surface area (Å²) in [5.74, 6) is 4.82. The second-order valence-corrected chi connectivity index (χ2v) is 7.00. The summed E-state index contributed by atoms with van der Waals surface area (Å²) in [6, 6.07) is 5.55. The second kappa shape index (κ2) is 7.03. The van der Waals surface area contributed by atoms with Crippen molar-refractivity contribution in [3.8, 4) is 0 Å². The summed E-state index contributed by atoms with van der Waals surface area (Å²) in [6.45, 7) is 2.48. The van der Waals surface area contributed by atoms with E-state index in [0.29, 0.717) is 30.5 Å². The Morgan fingerprint density at radius 3 is 2.68 bits per heavy atom. The van der Waals surface area contributed by atoms with E-state index in [1.807, 2.05) is 29.7 Å². The van der Waals surface area contributed by atoms with Gasteiger partial charge in [0.15, 0.2) is 5.78 Å². The lowest BCUT2D eigenvalue weighted by Crippen LogP contribution is -2.26. The third-order valence-electron chi connectivity index (χ3n) is 3.64. The summed E-state index contributed by atoms with van der Waals surface area (Å²) in [4.78, 5) is 24.1. The molecule has 25 heavy (non-hydrogen) atoms. The SMILES string of the molecule is CS(=O)(=O)O.Cc1ccc2c3c1cc(C(=O)NC=NN)n3CCC2=O. The highest BCUT2D eigenvalue weighted by molar-refractivity contribution is 7.85. The van der Waals surface area contributed by atoms with E-state index < -0.39 is 10.1 Å². The van der Waals surface area contributed by atoms with E-state index in [0.717, 1.165) is 22.8 Å². The van der Waals surface area contributed by atoms with Crippen LogP contribution in [-0.2, 0) is 16.7 Å². The van der Waals surface area contributed by atoms with Crippen LogP contribution in [0.4, 0.5) is 0 Å². The minimum Gasteiger partial charge on any atom is -0.335 e. The van der Waals surface area contributed by atoms with Gasteiger partial charge in [-0.3, -0.25) is 14.1 Å². The largest absolute Gasteiger partial charge is 0.335 e. The Kier molecular flexibility index (Phi) is 5.24. The molecule has 0 saturated carbocycles. The number of hydrogen-bond acceptors (Lipinski definition) is 6. The Bertz CT molecular complexity index is 967. The predicted octanol–water partition coefficient (Wildman–Crippen LogP) is 0.672. The van der Waals surface area contributed by atoms with Gasteiger partial charge in [0.25, 0.3) is 16.0 Å². The number of carbonyl (C=O) groups is 2. The van der Waals surface area contributed by atoms with Gasteiger partial charge in [0, 0.05) is 23.9 Å². The second-order valence-electron chi connectivity index (χ2n) is 5.53. The summed E-state index contributed by atoms with van der Waals surface area (Å²) in [5, 5.41) is 6.68. The number of aromatic nitrogens is 1. The smallest absolute Gasteiger partial charge is 0.273 e. The van der Waals surface area contributed by atoms with Crippen LogP contribution in [0.2, 0.25) is 0 Å². The molecule has 9 nitrogen and oxygen atoms in total. The average Bonchev–Trinajstić information content (AvgIpc) is 2.90. The molecule has 1 amide bonds. The van der Waals surface area contributed by atoms with Gasteiger partial charge in [-0.25, -0.2) is 0 Å². The molecule has 0 fully saturated rings. The lowest BCUT2D eigenvalue weighted by Gasteiger charge is -2.17. The molecule has 0 spiro atoms. The van der Waals surface area contributed by atoms with Gasteiger partial charge in [0.2, 0.25) is 0 Å². The highest BCUT2D eigenvalue weighted by Gasteiger charge is 2.25. The van der Waals surface area contributed by atoms with Gasteiger partial charge in [0.05, 0.1) is 11.8 Å². The molecule has 0 unspecified atom stereocenters. The first-order chi connectivity index (χ1) is 11.6. The van der Waals surface area contributed by atoms with E-state index >= 15 is 0 Å². The summed E-state index contributed by atoms with van der Waals surface area (Å²) in [6.07, 6.45) is 2.27. The number of ketones is 1. The van der Waals surface area contributed by atoms with Gasteiger partial charge in [-0.05, 0) is 24.6 Å². The van der Waals surface area contributed by atoms with Gasteiger partial charge in [-0.15, -0.1) is 0 Å². The number of Topliss-reactive ketones (excluding diaryl/α,β-unsaturated/α-hetero) is 1. The zero-order valence-electron chi connectivity index (χ0n) is 13.7. The Hall–Kier alpha value is -2.72. The maximum absolute atomic E-state index is 12.1. The van der Waals surface area contributed by atoms with Crippen LogP contribution in [0, 0.1) is 6.92 Å². The maximum Gasteiger partial charge on any atom is 0.273 e. The van der Waals surface area contributed by atoms with Crippen LogP contribution in [0.1, 0.15) is 32.8 Å². The molecule has 10 heteroatoms. The number of hydrogen-bond donors (Lipinski definition) is 3. The van der Waals surface area contributed by atoms with Crippen LogP contribution in [0.25, 0.3) is 10.9 Å². The van der Waals surface area contributed by atoms with Crippen LogP contribution in [0.15, 0.2) is 23.3 Å². The third kappa shape index (κ3) is 4.22. The van der Waals surface area contributed by atoms with Crippen molar-refractivity contribution in [2.75, 3.05) is 6.26 Å². The number of nitrogens with one attached hydrogen (secondary N) is 1. The van der Waals surface area contributed by atoms with Gasteiger partial charge < -0.3 is 15.7 Å². The van der Waals surface area contributed by atoms with Crippen LogP contribution in [0.3, 0.4) is 0 Å². The molecule has 2 aromatic rings. The van der Waals surface area contributed by atoms with E-state index in [-0.39, 0.29) is 11.7 Å². The number of benzene rings is 1. The maximum atomic E-state index is 12.1. The molecular formula is C15H18N4O5S. The van der Waals surface area contributed by atoms with Crippen molar-refractivity contribution in [3.05, 3.63) is 35.0 Å². The number of nitrogens with zero attached hydrogens (tertiary/aromatic N) is 2. The standard InChI is InChI=1S/C14H14N4O2.CH4O3S/c1-8-2-3-9-12(19)4-5-18-11(6-10(8)13(9)18)14(20)16-7-17-15;1-5(2,3)4/h2-3,6-7H,4-5,15H2,1H3,(H,16,17,20);1H3,(H,2,3,4). The number of amides is 1. The summed E-state index contributed by atoms with van der Waals surface area (Å²) in [5.41, 5.74) is 3.08. The topological polar surface area (TPSA) is 144 Å². The molecule has 134 valence electrons. The van der Waals surface area contributed by atoms with Crippen molar-refractivity contribution in [1.29, 1.82) is 0 Å². The van der Waals surface area contributed by atoms with E-state index in [2.05, 4.69) is 10.4 Å². The molecule has 1 aliphatic rings. The number of nitrogens with two attached hydrogens (primary N) is 1. The van der Waals surface area contributed by atoms with Crippen molar-refractivity contribution in [3.63, 3.8) is 0 Å². The fourth-order valence-electron chi connectivity index (χ4n) is 2.68. The molecule has 0 radical (unpaired) electrons. The average molecular weight is 366 g/mol. The Balaban J connectivity index is 0.000000399. The van der Waals surface area contributed by atoms with E-state index in [1.54, 1.807) is 0 Å². The van der Waals surface area contributed by atoms with Crippen LogP contribution in [-0.4, -0.2) is 41.8 Å². The van der Waals surface area contributed by atoms with Crippen molar-refractivity contribution in [2.24, 2.45) is 10.9 Å². The predicted molar refractivity (Wildman–Crippen MR) is 93.2 cm³/mol. The molecule has 4 N–H and O–H groups in total. The van der Waals surface area contributed by atoms with Crippen molar-refractivity contribution in [1.82, 2.24) is 9.88 Å². The minimum absolute atomic E-state index is 0.121. The molecule has 1 aromatic carbocycles. The van der Waals surface area contributed by atoms with Gasteiger partial charge in [-0.2, -0.15) is 13.5 Å². The van der Waals surface area contributed by atoms with Crippen molar-refractivity contribution < 1.29 is 22.6 Å². The molecule has 0 saturated heterocycles. The lowest BCUT2D eigenvalue weighted by molar-refractivity contribution is 0.0947. The summed E-state index contributed by atoms with van der Waals surface area (Å²) >= 11 is 0. The molecule has 1 aromatic heterocycles. The zero-order valence-corrected chi connectivity index (χ0v) is 14.5. The fourth-order valence-corrected chi connectivity index (χ4v) is 2.68. The van der Waals surface area contributed by atoms with Crippen LogP contribution in [0.5, 0.6) is 0 Å². The Labute approximate surface area is 144 Å². The summed E-state index contributed by atoms with van der Waals surface area (Å²) < 4.78 is 27.8. The van der Waals surface area contributed by atoms with E-state index in [9.17, 15) is 18.0 Å². The van der Waals surface area contributed by atoms with Gasteiger partial charge in [-0.1, -0.05) is 6.07 Å². The van der Waals surface area contributed by atoms with E-state index in [4.69, 9.17) is 10.4 Å². The van der Waals surface area contributed by atoms with Crippen LogP contribution < -0.4 is 11.2 Å². The van der Waals surface area contributed by atoms with Crippen molar-refractivity contribution >= 4 is 39.1 Å². The van der Waals surface area contributed by atoms with Crippen LogP contribution >= 0.6 is 0 Å². The lowest BCUT2D eigenvalue weighted by atomic mass is 10.00. The quantitative estimate of drug-likeness (QED) is 0.234. The Morgan fingerprint density at radius 1 is 1.44 bits per heavy atom. The highest BCUT2D eigenvalue weighted by Crippen LogP contribution is 2.31. The third-order valence-corrected chi connectivity index (χ3v) is 3.64. The molecular weight excluding hydrogens is 348 g/mol. The highest BCUT2D eigenvalue weighted by atomic mass is 32.2. The molecule has 0 atom stereocenters. The first-order valence-corrected chi connectivity index (χ1v) is 9.09. The number of rotatable bonds is 2. The number of aryl methyl sites for hydroxylation is 2. The van der Waals surface area contributed by atoms with Gasteiger partial charge >= 0.3 is 0 Å². The normalized spacial score (nSPS) is 13.6. The first kappa shape index (κ1) is 18.6. The summed E-state index contributed by atoms with van der Waals surface area (Å²) in [7, 11) is -3.67. The Morgan fingerprint density at radius 2 is 2.08 bits per heavy atom. The molecule has 1 aliphatic heterocycles. The monoisotopic (exact) mass is 366 g/mol. The minimum atomic E-state index is -3.67. The molecule has 3 rings (SSSR count). The zero-order chi connectivity index (χ0) is 18.8. The molecule has 0 aliphatic carbocycles. The van der Waals surface area contributed by atoms with Gasteiger partial charge in [0.1, 0.15) is 12.0 Å². The fraction of sp³-hybridized carbons (Fsp3) is 0.267. The van der Waals surface area contributed by atoms with E-state index in [1.165, 1.54) is 0 Å².